The van der Waals surface area contributed by atoms with Crippen molar-refractivity contribution in [2.45, 2.75) is 56.3 Å². The van der Waals surface area contributed by atoms with Crippen molar-refractivity contribution in [2.24, 2.45) is 16.0 Å². The fourth-order valence-corrected chi connectivity index (χ4v) is 5.60. The van der Waals surface area contributed by atoms with Gasteiger partial charge in [0.1, 0.15) is 29.0 Å². The molecule has 0 radical (unpaired) electrons. The first-order valence-corrected chi connectivity index (χ1v) is 13.9. The zero-order chi connectivity index (χ0) is 29.9. The van der Waals surface area contributed by atoms with Gasteiger partial charge in [-0.3, -0.25) is 9.59 Å². The molecule has 1 amide bonds. The molecule has 2 aromatic rings. The van der Waals surface area contributed by atoms with Gasteiger partial charge in [-0.15, -0.1) is 0 Å². The van der Waals surface area contributed by atoms with Gasteiger partial charge in [-0.1, -0.05) is 18.2 Å². The molecule has 0 spiro atoms. The highest BCUT2D eigenvalue weighted by Gasteiger charge is 2.49. The number of benzene rings is 2. The van der Waals surface area contributed by atoms with Gasteiger partial charge in [0.15, 0.2) is 5.78 Å². The Labute approximate surface area is 243 Å². The average molecular weight is 573 g/mol. The van der Waals surface area contributed by atoms with Crippen molar-refractivity contribution in [1.29, 1.82) is 5.26 Å². The second kappa shape index (κ2) is 11.8. The second-order valence-corrected chi connectivity index (χ2v) is 11.3. The van der Waals surface area contributed by atoms with Crippen LogP contribution in [0, 0.1) is 17.1 Å². The van der Waals surface area contributed by atoms with Gasteiger partial charge in [0.05, 0.1) is 31.2 Å². The quantitative estimate of drug-likeness (QED) is 0.320. The molecule has 3 aliphatic rings. The standard InChI is InChI=1S/C31H33FN6O4/c1-30(2,36-21-18-41-19-21)15-20(16-33)29(40)38-12-6-7-22(38)13-28(39)31(27(34)17-35-37-31)25-11-10-24(14-26(25)32)42-23-8-4-3-5-9-23/h3-5,8-11,14-15,17,21-22,36H,6-7,12-13,18-19,34H2,1-2H3/t22-,31?/m1/s1. The summed E-state index contributed by atoms with van der Waals surface area (Å²) in [5, 5.41) is 21.2. The number of ether oxygens (including phenoxy) is 2. The van der Waals surface area contributed by atoms with Gasteiger partial charge in [-0.2, -0.15) is 15.5 Å². The van der Waals surface area contributed by atoms with Crippen LogP contribution in [0.25, 0.3) is 0 Å². The smallest absolute Gasteiger partial charge is 0.264 e. The summed E-state index contributed by atoms with van der Waals surface area (Å²) in [6.07, 6.45) is 3.92. The molecule has 3 heterocycles. The molecule has 1 unspecified atom stereocenters. The molecule has 2 aromatic carbocycles. The van der Waals surface area contributed by atoms with E-state index < -0.39 is 34.6 Å². The van der Waals surface area contributed by atoms with Crippen LogP contribution in [-0.4, -0.2) is 54.0 Å². The molecule has 0 aromatic heterocycles. The summed E-state index contributed by atoms with van der Waals surface area (Å²) in [5.74, 6) is -0.898. The third kappa shape index (κ3) is 5.82. The molecule has 218 valence electrons. The molecule has 3 N–H and O–H groups in total. The van der Waals surface area contributed by atoms with Crippen LogP contribution in [0.15, 0.2) is 82.3 Å². The molecular weight excluding hydrogens is 539 g/mol. The first-order chi connectivity index (χ1) is 20.1. The maximum atomic E-state index is 15.6. The number of nitriles is 1. The first-order valence-electron chi connectivity index (χ1n) is 13.9. The Morgan fingerprint density at radius 2 is 2.02 bits per heavy atom. The molecule has 10 nitrogen and oxygen atoms in total. The van der Waals surface area contributed by atoms with Crippen LogP contribution < -0.4 is 15.8 Å². The first kappa shape index (κ1) is 29.1. The minimum Gasteiger partial charge on any atom is -0.457 e. The molecule has 0 saturated carbocycles. The number of carbonyl (C=O) groups excluding carboxylic acids is 2. The van der Waals surface area contributed by atoms with E-state index in [1.54, 1.807) is 41.3 Å². The minimum atomic E-state index is -1.86. The van der Waals surface area contributed by atoms with Crippen LogP contribution in [0.4, 0.5) is 4.39 Å². The monoisotopic (exact) mass is 572 g/mol. The van der Waals surface area contributed by atoms with Crippen molar-refractivity contribution < 1.29 is 23.5 Å². The molecular formula is C31H33FN6O4. The Hall–Kier alpha value is -4.40. The van der Waals surface area contributed by atoms with Crippen LogP contribution in [0.5, 0.6) is 11.5 Å². The Morgan fingerprint density at radius 1 is 1.26 bits per heavy atom. The highest BCUT2D eigenvalue weighted by Crippen LogP contribution is 2.41. The summed E-state index contributed by atoms with van der Waals surface area (Å²) < 4.78 is 26.5. The summed E-state index contributed by atoms with van der Waals surface area (Å²) in [6, 6.07) is 14.7. The number of amides is 1. The predicted molar refractivity (Wildman–Crippen MR) is 152 cm³/mol. The van der Waals surface area contributed by atoms with Crippen molar-refractivity contribution in [3.63, 3.8) is 0 Å². The van der Waals surface area contributed by atoms with Gasteiger partial charge in [-0.25, -0.2) is 4.39 Å². The molecule has 2 fully saturated rings. The number of Topliss-reactive ketones (excluding diaryl/α,β-unsaturated/α-hetero) is 1. The average Bonchev–Trinajstić information content (AvgIpc) is 3.56. The number of carbonyl (C=O) groups is 2. The molecule has 2 atom stereocenters. The molecule has 11 heteroatoms. The van der Waals surface area contributed by atoms with Crippen LogP contribution in [0.1, 0.15) is 38.7 Å². The van der Waals surface area contributed by atoms with Crippen molar-refractivity contribution in [2.75, 3.05) is 19.8 Å². The van der Waals surface area contributed by atoms with Gasteiger partial charge < -0.3 is 25.4 Å². The predicted octanol–water partition coefficient (Wildman–Crippen LogP) is 4.25. The van der Waals surface area contributed by atoms with E-state index >= 15 is 4.39 Å². The Balaban J connectivity index is 1.36. The number of ketones is 1. The van der Waals surface area contributed by atoms with E-state index in [2.05, 4.69) is 15.5 Å². The number of halogens is 1. The number of para-hydroxylation sites is 1. The number of nitrogens with one attached hydrogen (secondary N) is 1. The number of nitrogens with two attached hydrogens (primary N) is 1. The van der Waals surface area contributed by atoms with Crippen molar-refractivity contribution >= 4 is 11.7 Å². The Morgan fingerprint density at radius 3 is 2.64 bits per heavy atom. The normalized spacial score (nSPS) is 22.4. The highest BCUT2D eigenvalue weighted by atomic mass is 19.1. The van der Waals surface area contributed by atoms with Gasteiger partial charge in [0.25, 0.3) is 5.91 Å². The molecule has 42 heavy (non-hydrogen) atoms. The van der Waals surface area contributed by atoms with E-state index in [-0.39, 0.29) is 35.0 Å². The maximum Gasteiger partial charge on any atom is 0.264 e. The van der Waals surface area contributed by atoms with Crippen LogP contribution in [-0.2, 0) is 19.9 Å². The zero-order valence-electron chi connectivity index (χ0n) is 23.5. The van der Waals surface area contributed by atoms with Gasteiger partial charge in [-0.05, 0) is 57.0 Å². The summed E-state index contributed by atoms with van der Waals surface area (Å²) in [6.45, 7) is 5.30. The number of hydrogen-bond donors (Lipinski definition) is 2. The summed E-state index contributed by atoms with van der Waals surface area (Å²) in [5.41, 5.74) is 3.69. The van der Waals surface area contributed by atoms with Crippen LogP contribution in [0.2, 0.25) is 0 Å². The van der Waals surface area contributed by atoms with E-state index in [0.717, 1.165) is 0 Å². The van der Waals surface area contributed by atoms with Crippen LogP contribution in [0.3, 0.4) is 0 Å². The number of rotatable bonds is 10. The van der Waals surface area contributed by atoms with E-state index in [1.807, 2.05) is 26.0 Å². The third-order valence-electron chi connectivity index (χ3n) is 7.66. The summed E-state index contributed by atoms with van der Waals surface area (Å²) in [7, 11) is 0. The largest absolute Gasteiger partial charge is 0.457 e. The molecule has 5 rings (SSSR count). The molecule has 0 aliphatic carbocycles. The Kier molecular flexibility index (Phi) is 8.20. The summed E-state index contributed by atoms with van der Waals surface area (Å²) >= 11 is 0. The maximum absolute atomic E-state index is 15.6. The molecule has 3 aliphatic heterocycles. The fraction of sp³-hybridized carbons (Fsp3) is 0.387. The summed E-state index contributed by atoms with van der Waals surface area (Å²) in [4.78, 5) is 29.0. The lowest BCUT2D eigenvalue weighted by molar-refractivity contribution is -0.129. The van der Waals surface area contributed by atoms with E-state index in [1.165, 1.54) is 18.3 Å². The molecule has 2 saturated heterocycles. The number of likely N-dealkylation sites (tertiary alicyclic amines) is 1. The lowest BCUT2D eigenvalue weighted by Gasteiger charge is -2.35. The minimum absolute atomic E-state index is 0.00981. The van der Waals surface area contributed by atoms with E-state index in [9.17, 15) is 14.9 Å². The van der Waals surface area contributed by atoms with Gasteiger partial charge in [0.2, 0.25) is 5.54 Å². The number of hydrogen-bond acceptors (Lipinski definition) is 9. The number of azo groups is 1. The lowest BCUT2D eigenvalue weighted by Crippen LogP contribution is -2.54. The van der Waals surface area contributed by atoms with E-state index in [4.69, 9.17) is 15.2 Å². The fourth-order valence-electron chi connectivity index (χ4n) is 5.60. The van der Waals surface area contributed by atoms with Crippen molar-refractivity contribution in [3.05, 3.63) is 83.5 Å². The third-order valence-corrected chi connectivity index (χ3v) is 7.66. The number of nitrogens with zero attached hydrogens (tertiary/aromatic N) is 4. The van der Waals surface area contributed by atoms with Crippen molar-refractivity contribution in [1.82, 2.24) is 10.2 Å². The van der Waals surface area contributed by atoms with Gasteiger partial charge >= 0.3 is 0 Å². The lowest BCUT2D eigenvalue weighted by atomic mass is 9.81. The Bertz CT molecular complexity index is 1490. The topological polar surface area (TPSA) is 142 Å². The highest BCUT2D eigenvalue weighted by molar-refractivity contribution is 5.99. The van der Waals surface area contributed by atoms with Crippen LogP contribution >= 0.6 is 0 Å². The molecule has 0 bridgehead atoms. The van der Waals surface area contributed by atoms with E-state index in [0.29, 0.717) is 38.3 Å². The van der Waals surface area contributed by atoms with Gasteiger partial charge in [0, 0.05) is 36.2 Å². The SMILES string of the molecule is CC(C)(C=C(C#N)C(=O)N1CCC[C@@H]1CC(=O)C1(c2ccc(Oc3ccccc3)cc2F)N=NC=C1N)NC1COC1. The second-order valence-electron chi connectivity index (χ2n) is 11.3. The van der Waals surface area contributed by atoms with Crippen molar-refractivity contribution in [3.8, 4) is 17.6 Å². The zero-order valence-corrected chi connectivity index (χ0v) is 23.5.